The van der Waals surface area contributed by atoms with Crippen molar-refractivity contribution in [3.05, 3.63) is 30.3 Å². The number of anilines is 1. The lowest BCUT2D eigenvalue weighted by Gasteiger charge is -2.16. The number of aliphatic hydroxyl groups excluding tert-OH is 2. The van der Waals surface area contributed by atoms with Crippen molar-refractivity contribution in [2.75, 3.05) is 51.8 Å². The summed E-state index contributed by atoms with van der Waals surface area (Å²) in [6.07, 6.45) is 0. The van der Waals surface area contributed by atoms with Crippen LogP contribution in [0.4, 0.5) is 5.69 Å². The number of hydrogen-bond acceptors (Lipinski definition) is 4. The first-order valence-corrected chi connectivity index (χ1v) is 6.32. The highest BCUT2D eigenvalue weighted by Crippen LogP contribution is 2.07. The monoisotopic (exact) mass is 254 g/mol. The molecule has 4 heteroatoms. The maximum Gasteiger partial charge on any atom is 0.0558 e. The van der Waals surface area contributed by atoms with Crippen molar-refractivity contribution in [2.45, 2.75) is 6.92 Å². The first-order valence-electron chi connectivity index (χ1n) is 6.32. The van der Waals surface area contributed by atoms with Crippen molar-refractivity contribution >= 4 is 5.69 Å². The van der Waals surface area contributed by atoms with Gasteiger partial charge in [-0.2, -0.15) is 0 Å². The Bertz CT molecular complexity index is 272. The van der Waals surface area contributed by atoms with Gasteiger partial charge in [0.2, 0.25) is 0 Å². The number of aliphatic hydroxyl groups is 2. The lowest BCUT2D eigenvalue weighted by Crippen LogP contribution is -2.29. The minimum Gasteiger partial charge on any atom is -0.395 e. The average Bonchev–Trinajstić information content (AvgIpc) is 2.40. The Labute approximate surface area is 110 Å². The number of rotatable bonds is 6. The summed E-state index contributed by atoms with van der Waals surface area (Å²) in [5, 5.41) is 16.9. The average molecular weight is 254 g/mol. The van der Waals surface area contributed by atoms with Gasteiger partial charge in [0.25, 0.3) is 0 Å². The van der Waals surface area contributed by atoms with Crippen LogP contribution in [-0.2, 0) is 0 Å². The predicted molar refractivity (Wildman–Crippen MR) is 77.1 cm³/mol. The zero-order valence-corrected chi connectivity index (χ0v) is 11.7. The molecule has 0 saturated heterocycles. The normalized spacial score (nSPS) is 9.89. The Morgan fingerprint density at radius 2 is 1.44 bits per heavy atom. The number of hydrogen-bond donors (Lipinski definition) is 2. The molecule has 0 aliphatic carbocycles. The van der Waals surface area contributed by atoms with Gasteiger partial charge in [-0.15, -0.1) is 0 Å². The van der Waals surface area contributed by atoms with Crippen LogP contribution in [0.1, 0.15) is 6.92 Å². The van der Waals surface area contributed by atoms with Gasteiger partial charge in [-0.05, 0) is 18.7 Å². The van der Waals surface area contributed by atoms with E-state index < -0.39 is 0 Å². The van der Waals surface area contributed by atoms with Crippen LogP contribution >= 0.6 is 0 Å². The quantitative estimate of drug-likeness (QED) is 0.796. The van der Waals surface area contributed by atoms with Gasteiger partial charge in [-0.25, -0.2) is 0 Å². The van der Waals surface area contributed by atoms with Gasteiger partial charge in [0.15, 0.2) is 0 Å². The van der Waals surface area contributed by atoms with Gasteiger partial charge in [-0.3, -0.25) is 4.90 Å². The Morgan fingerprint density at radius 3 is 1.72 bits per heavy atom. The van der Waals surface area contributed by atoms with Gasteiger partial charge in [0, 0.05) is 32.9 Å². The summed E-state index contributed by atoms with van der Waals surface area (Å²) in [6.45, 7) is 4.57. The molecule has 18 heavy (non-hydrogen) atoms. The van der Waals surface area contributed by atoms with Gasteiger partial charge in [0.05, 0.1) is 13.2 Å². The Morgan fingerprint density at radius 1 is 0.944 bits per heavy atom. The number of para-hydroxylation sites is 1. The zero-order valence-electron chi connectivity index (χ0n) is 11.7. The first-order chi connectivity index (χ1) is 8.65. The second-order valence-corrected chi connectivity index (χ2v) is 4.11. The fourth-order valence-corrected chi connectivity index (χ4v) is 1.44. The second kappa shape index (κ2) is 11.0. The molecular formula is C14H26N2O2. The van der Waals surface area contributed by atoms with Crippen molar-refractivity contribution in [1.82, 2.24) is 4.90 Å². The topological polar surface area (TPSA) is 46.9 Å². The Kier molecular flexibility index (Phi) is 10.3. The maximum atomic E-state index is 8.47. The summed E-state index contributed by atoms with van der Waals surface area (Å²) in [7, 11) is 4.07. The van der Waals surface area contributed by atoms with E-state index in [0.717, 1.165) is 6.54 Å². The van der Waals surface area contributed by atoms with Crippen LogP contribution in [0.25, 0.3) is 0 Å². The lowest BCUT2D eigenvalue weighted by molar-refractivity contribution is 0.166. The summed E-state index contributed by atoms with van der Waals surface area (Å²) in [4.78, 5) is 4.07. The molecule has 0 aliphatic heterocycles. The van der Waals surface area contributed by atoms with Crippen LogP contribution in [-0.4, -0.2) is 62.1 Å². The number of likely N-dealkylation sites (N-methyl/N-ethyl adjacent to an activating group) is 1. The van der Waals surface area contributed by atoms with E-state index in [2.05, 4.69) is 17.0 Å². The molecule has 0 radical (unpaired) electrons. The van der Waals surface area contributed by atoms with Crippen LogP contribution in [0, 0.1) is 0 Å². The van der Waals surface area contributed by atoms with Crippen molar-refractivity contribution in [1.29, 1.82) is 0 Å². The molecular weight excluding hydrogens is 228 g/mol. The van der Waals surface area contributed by atoms with Gasteiger partial charge < -0.3 is 15.1 Å². The molecule has 104 valence electrons. The highest BCUT2D eigenvalue weighted by Gasteiger charge is 1.97. The Balaban J connectivity index is 0.000000321. The summed E-state index contributed by atoms with van der Waals surface area (Å²) in [5.74, 6) is 0. The zero-order chi connectivity index (χ0) is 13.8. The molecule has 1 rings (SSSR count). The van der Waals surface area contributed by atoms with E-state index in [9.17, 15) is 0 Å². The van der Waals surface area contributed by atoms with E-state index in [1.54, 1.807) is 0 Å². The molecule has 0 aromatic heterocycles. The first kappa shape index (κ1) is 16.9. The molecule has 0 heterocycles. The fourth-order valence-electron chi connectivity index (χ4n) is 1.44. The summed E-state index contributed by atoms with van der Waals surface area (Å²) in [6, 6.07) is 10.3. The molecule has 0 unspecified atom stereocenters. The summed E-state index contributed by atoms with van der Waals surface area (Å²) in [5.41, 5.74) is 1.25. The Hall–Kier alpha value is -1.10. The van der Waals surface area contributed by atoms with Crippen molar-refractivity contribution in [3.8, 4) is 0 Å². The molecule has 0 amide bonds. The highest BCUT2D eigenvalue weighted by molar-refractivity contribution is 5.43. The predicted octanol–water partition coefficient (Wildman–Crippen LogP) is 1.05. The lowest BCUT2D eigenvalue weighted by atomic mass is 10.3. The molecule has 0 spiro atoms. The van der Waals surface area contributed by atoms with E-state index in [1.807, 2.05) is 44.1 Å². The SMILES string of the molecule is CCN(CCO)CCO.CN(C)c1ccccc1. The van der Waals surface area contributed by atoms with Gasteiger partial charge in [-0.1, -0.05) is 25.1 Å². The van der Waals surface area contributed by atoms with Crippen molar-refractivity contribution < 1.29 is 10.2 Å². The molecule has 2 N–H and O–H groups in total. The third-order valence-corrected chi connectivity index (χ3v) is 2.55. The molecule has 0 bridgehead atoms. The van der Waals surface area contributed by atoms with Crippen LogP contribution in [0.2, 0.25) is 0 Å². The minimum absolute atomic E-state index is 0.174. The van der Waals surface area contributed by atoms with Crippen molar-refractivity contribution in [3.63, 3.8) is 0 Å². The third kappa shape index (κ3) is 8.06. The molecule has 0 aliphatic rings. The van der Waals surface area contributed by atoms with Crippen LogP contribution in [0.5, 0.6) is 0 Å². The van der Waals surface area contributed by atoms with Crippen molar-refractivity contribution in [2.24, 2.45) is 0 Å². The van der Waals surface area contributed by atoms with E-state index in [-0.39, 0.29) is 13.2 Å². The number of benzene rings is 1. The third-order valence-electron chi connectivity index (χ3n) is 2.55. The van der Waals surface area contributed by atoms with E-state index >= 15 is 0 Å². The molecule has 1 aromatic rings. The van der Waals surface area contributed by atoms with E-state index in [1.165, 1.54) is 5.69 Å². The van der Waals surface area contributed by atoms with Gasteiger partial charge >= 0.3 is 0 Å². The van der Waals surface area contributed by atoms with E-state index in [4.69, 9.17) is 10.2 Å². The van der Waals surface area contributed by atoms with Gasteiger partial charge in [0.1, 0.15) is 0 Å². The summed E-state index contributed by atoms with van der Waals surface area (Å²) < 4.78 is 0. The van der Waals surface area contributed by atoms with Crippen LogP contribution < -0.4 is 4.90 Å². The molecule has 4 nitrogen and oxygen atoms in total. The standard InChI is InChI=1S/C8H11N.C6H15NO2/c1-9(2)8-6-4-3-5-7-8;1-2-7(3-5-8)4-6-9/h3-7H,1-2H3;8-9H,2-6H2,1H3. The van der Waals surface area contributed by atoms with E-state index in [0.29, 0.717) is 13.1 Å². The van der Waals surface area contributed by atoms with Crippen LogP contribution in [0.15, 0.2) is 30.3 Å². The molecule has 1 aromatic carbocycles. The molecule has 0 atom stereocenters. The number of nitrogens with zero attached hydrogens (tertiary/aromatic N) is 2. The fraction of sp³-hybridized carbons (Fsp3) is 0.571. The minimum atomic E-state index is 0.174. The maximum absolute atomic E-state index is 8.47. The molecule has 0 saturated carbocycles. The highest BCUT2D eigenvalue weighted by atomic mass is 16.3. The largest absolute Gasteiger partial charge is 0.395 e. The summed E-state index contributed by atoms with van der Waals surface area (Å²) >= 11 is 0. The second-order valence-electron chi connectivity index (χ2n) is 4.11. The van der Waals surface area contributed by atoms with Crippen LogP contribution in [0.3, 0.4) is 0 Å². The smallest absolute Gasteiger partial charge is 0.0558 e. The molecule has 0 fully saturated rings.